The lowest BCUT2D eigenvalue weighted by Crippen LogP contribution is -2.40. The topological polar surface area (TPSA) is 67.9 Å². The molecule has 0 spiro atoms. The SMILES string of the molecule is COc1ccc2c(c1)C=CN(C(=O)OCc1ccccc1)C2C(=O)Nc1ccccc1. The molecule has 1 unspecified atom stereocenters. The van der Waals surface area contributed by atoms with Crippen LogP contribution in [0.4, 0.5) is 10.5 Å². The van der Waals surface area contributed by atoms with Crippen LogP contribution in [0.1, 0.15) is 22.7 Å². The van der Waals surface area contributed by atoms with Gasteiger partial charge in [-0.1, -0.05) is 54.6 Å². The predicted molar refractivity (Wildman–Crippen MR) is 118 cm³/mol. The van der Waals surface area contributed by atoms with Gasteiger partial charge in [-0.15, -0.1) is 0 Å². The first kappa shape index (κ1) is 20.2. The summed E-state index contributed by atoms with van der Waals surface area (Å²) in [5.74, 6) is 0.337. The molecule has 0 aliphatic carbocycles. The van der Waals surface area contributed by atoms with Gasteiger partial charge in [0.1, 0.15) is 18.4 Å². The predicted octanol–water partition coefficient (Wildman–Crippen LogP) is 5.00. The van der Waals surface area contributed by atoms with Crippen LogP contribution in [0.2, 0.25) is 0 Å². The average molecular weight is 414 g/mol. The van der Waals surface area contributed by atoms with Crippen LogP contribution in [0.5, 0.6) is 5.75 Å². The molecule has 1 aliphatic rings. The van der Waals surface area contributed by atoms with Crippen molar-refractivity contribution in [1.82, 2.24) is 4.90 Å². The van der Waals surface area contributed by atoms with Gasteiger partial charge in [0.2, 0.25) is 0 Å². The Balaban J connectivity index is 1.61. The highest BCUT2D eigenvalue weighted by atomic mass is 16.6. The summed E-state index contributed by atoms with van der Waals surface area (Å²) in [6.07, 6.45) is 2.74. The van der Waals surface area contributed by atoms with Crippen LogP contribution in [0, 0.1) is 0 Å². The molecule has 0 fully saturated rings. The molecule has 2 amide bonds. The highest BCUT2D eigenvalue weighted by Gasteiger charge is 2.35. The van der Waals surface area contributed by atoms with Crippen LogP contribution < -0.4 is 10.1 Å². The number of anilines is 1. The summed E-state index contributed by atoms with van der Waals surface area (Å²) < 4.78 is 10.8. The van der Waals surface area contributed by atoms with Gasteiger partial charge in [-0.05, 0) is 47.0 Å². The molecular weight excluding hydrogens is 392 g/mol. The van der Waals surface area contributed by atoms with E-state index in [0.717, 1.165) is 11.1 Å². The fraction of sp³-hybridized carbons (Fsp3) is 0.120. The molecule has 1 aliphatic heterocycles. The van der Waals surface area contributed by atoms with Crippen molar-refractivity contribution in [3.8, 4) is 5.75 Å². The van der Waals surface area contributed by atoms with E-state index < -0.39 is 12.1 Å². The van der Waals surface area contributed by atoms with E-state index >= 15 is 0 Å². The number of carbonyl (C=O) groups is 2. The summed E-state index contributed by atoms with van der Waals surface area (Å²) in [7, 11) is 1.58. The lowest BCUT2D eigenvalue weighted by atomic mass is 9.95. The zero-order chi connectivity index (χ0) is 21.6. The van der Waals surface area contributed by atoms with E-state index in [0.29, 0.717) is 17.0 Å². The Hall–Kier alpha value is -4.06. The Bertz CT molecular complexity index is 1100. The van der Waals surface area contributed by atoms with Gasteiger partial charge in [-0.25, -0.2) is 4.79 Å². The van der Waals surface area contributed by atoms with Crippen molar-refractivity contribution in [2.45, 2.75) is 12.6 Å². The molecule has 6 heteroatoms. The molecule has 0 saturated carbocycles. The number of methoxy groups -OCH3 is 1. The molecular formula is C25H22N2O4. The molecule has 0 radical (unpaired) electrons. The molecule has 31 heavy (non-hydrogen) atoms. The number of nitrogens with zero attached hydrogens (tertiary/aromatic N) is 1. The Morgan fingerprint density at radius 1 is 0.968 bits per heavy atom. The van der Waals surface area contributed by atoms with E-state index in [9.17, 15) is 9.59 Å². The van der Waals surface area contributed by atoms with Crippen molar-refractivity contribution in [3.05, 3.63) is 102 Å². The van der Waals surface area contributed by atoms with Gasteiger partial charge in [-0.2, -0.15) is 0 Å². The molecule has 4 rings (SSSR count). The highest BCUT2D eigenvalue weighted by Crippen LogP contribution is 2.34. The van der Waals surface area contributed by atoms with E-state index in [-0.39, 0.29) is 12.5 Å². The second kappa shape index (κ2) is 9.17. The molecule has 3 aromatic carbocycles. The third-order valence-electron chi connectivity index (χ3n) is 4.99. The Kier molecular flexibility index (Phi) is 5.98. The Morgan fingerprint density at radius 3 is 2.39 bits per heavy atom. The standard InChI is InChI=1S/C25H22N2O4/c1-30-21-12-13-22-19(16-21)14-15-27(25(29)31-17-18-8-4-2-5-9-18)23(22)24(28)26-20-10-6-3-7-11-20/h2-16,23H,17H2,1H3,(H,26,28). The van der Waals surface area contributed by atoms with Crippen LogP contribution in [-0.2, 0) is 16.1 Å². The van der Waals surface area contributed by atoms with Gasteiger partial charge in [-0.3, -0.25) is 9.69 Å². The molecule has 1 heterocycles. The number of carbonyl (C=O) groups excluding carboxylic acids is 2. The number of nitrogens with one attached hydrogen (secondary N) is 1. The van der Waals surface area contributed by atoms with Crippen LogP contribution in [0.15, 0.2) is 85.1 Å². The number of rotatable bonds is 5. The first-order chi connectivity index (χ1) is 15.2. The molecule has 3 aromatic rings. The molecule has 156 valence electrons. The Labute approximate surface area is 180 Å². The lowest BCUT2D eigenvalue weighted by Gasteiger charge is -2.31. The number of ether oxygens (including phenoxy) is 2. The van der Waals surface area contributed by atoms with Crippen LogP contribution in [0.3, 0.4) is 0 Å². The van der Waals surface area contributed by atoms with Crippen molar-refractivity contribution < 1.29 is 19.1 Å². The normalized spacial score (nSPS) is 14.5. The minimum absolute atomic E-state index is 0.118. The van der Waals surface area contributed by atoms with Crippen molar-refractivity contribution in [2.75, 3.05) is 12.4 Å². The first-order valence-electron chi connectivity index (χ1n) is 9.87. The number of fused-ring (bicyclic) bond motifs is 1. The smallest absolute Gasteiger partial charge is 0.415 e. The quantitative estimate of drug-likeness (QED) is 0.638. The Morgan fingerprint density at radius 2 is 1.68 bits per heavy atom. The molecule has 0 aromatic heterocycles. The van der Waals surface area contributed by atoms with E-state index in [2.05, 4.69) is 5.32 Å². The monoisotopic (exact) mass is 414 g/mol. The summed E-state index contributed by atoms with van der Waals surface area (Å²) >= 11 is 0. The minimum Gasteiger partial charge on any atom is -0.497 e. The first-order valence-corrected chi connectivity index (χ1v) is 9.87. The fourth-order valence-corrected chi connectivity index (χ4v) is 3.43. The van der Waals surface area contributed by atoms with Crippen LogP contribution in [0.25, 0.3) is 6.08 Å². The fourth-order valence-electron chi connectivity index (χ4n) is 3.43. The zero-order valence-electron chi connectivity index (χ0n) is 17.0. The number of benzene rings is 3. The van der Waals surface area contributed by atoms with E-state index in [1.165, 1.54) is 4.90 Å². The van der Waals surface area contributed by atoms with Crippen molar-refractivity contribution in [3.63, 3.8) is 0 Å². The average Bonchev–Trinajstić information content (AvgIpc) is 2.82. The van der Waals surface area contributed by atoms with Crippen LogP contribution >= 0.6 is 0 Å². The summed E-state index contributed by atoms with van der Waals surface area (Å²) in [4.78, 5) is 27.5. The van der Waals surface area contributed by atoms with Crippen LogP contribution in [-0.4, -0.2) is 24.0 Å². The second-order valence-electron chi connectivity index (χ2n) is 7.02. The van der Waals surface area contributed by atoms with Crippen molar-refractivity contribution in [2.24, 2.45) is 0 Å². The lowest BCUT2D eigenvalue weighted by molar-refractivity contribution is -0.120. The van der Waals surface area contributed by atoms with E-state index in [4.69, 9.17) is 9.47 Å². The van der Waals surface area contributed by atoms with Gasteiger partial charge in [0.25, 0.3) is 5.91 Å². The summed E-state index contributed by atoms with van der Waals surface area (Å²) in [6, 6.07) is 23.1. The maximum Gasteiger partial charge on any atom is 0.415 e. The second-order valence-corrected chi connectivity index (χ2v) is 7.02. The third-order valence-corrected chi connectivity index (χ3v) is 4.99. The van der Waals surface area contributed by atoms with Gasteiger partial charge < -0.3 is 14.8 Å². The van der Waals surface area contributed by atoms with E-state index in [1.54, 1.807) is 43.7 Å². The molecule has 6 nitrogen and oxygen atoms in total. The van der Waals surface area contributed by atoms with Gasteiger partial charge in [0.15, 0.2) is 0 Å². The number of hydrogen-bond donors (Lipinski definition) is 1. The summed E-state index contributed by atoms with van der Waals surface area (Å²) in [5, 5.41) is 2.89. The summed E-state index contributed by atoms with van der Waals surface area (Å²) in [6.45, 7) is 0.118. The maximum absolute atomic E-state index is 13.2. The molecule has 0 saturated heterocycles. The number of para-hydroxylation sites is 1. The number of hydrogen-bond acceptors (Lipinski definition) is 4. The van der Waals surface area contributed by atoms with Crippen molar-refractivity contribution in [1.29, 1.82) is 0 Å². The largest absolute Gasteiger partial charge is 0.497 e. The number of amides is 2. The third kappa shape index (κ3) is 4.59. The van der Waals surface area contributed by atoms with Gasteiger partial charge in [0.05, 0.1) is 7.11 Å². The highest BCUT2D eigenvalue weighted by molar-refractivity contribution is 5.99. The molecule has 1 N–H and O–H groups in total. The van der Waals surface area contributed by atoms with Gasteiger partial charge in [0, 0.05) is 11.9 Å². The molecule has 0 bridgehead atoms. The minimum atomic E-state index is -0.880. The molecule has 1 atom stereocenters. The zero-order valence-corrected chi connectivity index (χ0v) is 17.0. The summed E-state index contributed by atoms with van der Waals surface area (Å²) in [5.41, 5.74) is 3.01. The van der Waals surface area contributed by atoms with Gasteiger partial charge >= 0.3 is 6.09 Å². The maximum atomic E-state index is 13.2. The van der Waals surface area contributed by atoms with E-state index in [1.807, 2.05) is 54.6 Å². The van der Waals surface area contributed by atoms with Crippen molar-refractivity contribution >= 4 is 23.8 Å².